The Hall–Kier alpha value is -3.51. The molecule has 5 heterocycles. The third kappa shape index (κ3) is 3.80. The molecule has 0 unspecified atom stereocenters. The molecule has 1 N–H and O–H groups in total. The molecule has 10 nitrogen and oxygen atoms in total. The van der Waals surface area contributed by atoms with Gasteiger partial charge in [0.15, 0.2) is 5.65 Å². The lowest BCUT2D eigenvalue weighted by atomic mass is 9.93. The molecule has 1 fully saturated rings. The Bertz CT molecular complexity index is 1450. The molecule has 0 spiro atoms. The maximum absolute atomic E-state index is 12.9. The van der Waals surface area contributed by atoms with Crippen LogP contribution in [0, 0.1) is 19.8 Å². The number of hydrogen-bond acceptors (Lipinski definition) is 10. The number of carbonyl (C=O) groups excluding carboxylic acids is 1. The Balaban J connectivity index is 1.48. The summed E-state index contributed by atoms with van der Waals surface area (Å²) in [6.07, 6.45) is 4.70. The molecule has 0 amide bonds. The van der Waals surface area contributed by atoms with Gasteiger partial charge in [0.25, 0.3) is 0 Å². The zero-order chi connectivity index (χ0) is 23.3. The molecule has 1 aliphatic rings. The number of thiazole rings is 1. The summed E-state index contributed by atoms with van der Waals surface area (Å²) in [6.45, 7) is 4.76. The van der Waals surface area contributed by atoms with Crippen LogP contribution in [0.15, 0.2) is 29.6 Å². The van der Waals surface area contributed by atoms with Crippen LogP contribution in [-0.4, -0.2) is 53.8 Å². The minimum Gasteiger partial charge on any atom is -0.477 e. The average Bonchev–Trinajstić information content (AvgIpc) is 3.38. The normalized spacial score (nSPS) is 13.9. The highest BCUT2D eigenvalue weighted by Gasteiger charge is 2.34. The van der Waals surface area contributed by atoms with Crippen molar-refractivity contribution in [1.82, 2.24) is 23.9 Å². The Morgan fingerprint density at radius 3 is 2.67 bits per heavy atom. The molecule has 0 aromatic carbocycles. The summed E-state index contributed by atoms with van der Waals surface area (Å²) in [5.74, 6) is -0.653. The molecule has 0 radical (unpaired) electrons. The van der Waals surface area contributed by atoms with Crippen molar-refractivity contribution in [2.75, 3.05) is 18.0 Å². The molecule has 1 aliphatic heterocycles. The molecule has 33 heavy (non-hydrogen) atoms. The van der Waals surface area contributed by atoms with Crippen molar-refractivity contribution in [2.24, 2.45) is 5.92 Å². The molecule has 0 atom stereocenters. The molecule has 0 saturated carbocycles. The molecule has 1 saturated heterocycles. The fourth-order valence-corrected chi connectivity index (χ4v) is 5.16. The van der Waals surface area contributed by atoms with E-state index < -0.39 is 11.4 Å². The zero-order valence-electron chi connectivity index (χ0n) is 17.7. The van der Waals surface area contributed by atoms with E-state index in [-0.39, 0.29) is 22.7 Å². The summed E-state index contributed by atoms with van der Waals surface area (Å²) in [4.78, 5) is 53.3. The Morgan fingerprint density at radius 2 is 2.03 bits per heavy atom. The molecular weight excluding hydrogens is 464 g/mol. The number of carbonyl (C=O) groups is 2. The second kappa shape index (κ2) is 8.12. The Morgan fingerprint density at radius 1 is 1.24 bits per heavy atom. The lowest BCUT2D eigenvalue weighted by Crippen LogP contribution is -2.51. The third-order valence-electron chi connectivity index (χ3n) is 5.58. The number of aryl methyl sites for hydroxylation is 2. The average molecular weight is 483 g/mol. The van der Waals surface area contributed by atoms with E-state index in [1.54, 1.807) is 19.2 Å². The van der Waals surface area contributed by atoms with Gasteiger partial charge in [-0.2, -0.15) is 4.37 Å². The van der Waals surface area contributed by atoms with E-state index in [4.69, 9.17) is 0 Å². The highest BCUT2D eigenvalue weighted by molar-refractivity contribution is 7.11. The summed E-state index contributed by atoms with van der Waals surface area (Å²) >= 11 is 2.60. The standard InChI is InChI=1S/C21H18N6O4S2/c1-10-3-15(26-6-12(7-26)14(28)4-16-22-5-11(2)32-16)25-19-17(10)18(29)13(20(30)31)8-27(19)21-23-9-24-33-21/h3,5,8-9,12H,4,6-7H2,1-2H3,(H,30,31). The van der Waals surface area contributed by atoms with Gasteiger partial charge >= 0.3 is 5.97 Å². The number of nitrogens with zero attached hydrogens (tertiary/aromatic N) is 6. The van der Waals surface area contributed by atoms with Gasteiger partial charge in [-0.1, -0.05) is 0 Å². The monoisotopic (exact) mass is 482 g/mol. The smallest absolute Gasteiger partial charge is 0.341 e. The fourth-order valence-electron chi connectivity index (χ4n) is 3.86. The second-order valence-electron chi connectivity index (χ2n) is 7.88. The van der Waals surface area contributed by atoms with Crippen LogP contribution < -0.4 is 10.3 Å². The maximum atomic E-state index is 12.9. The lowest BCUT2D eigenvalue weighted by Gasteiger charge is -2.39. The number of Topliss-reactive ketones (excluding diaryl/α,β-unsaturated/α-hetero) is 1. The predicted octanol–water partition coefficient (Wildman–Crippen LogP) is 2.26. The van der Waals surface area contributed by atoms with Gasteiger partial charge in [0.2, 0.25) is 10.6 Å². The molecule has 168 valence electrons. The Labute approximate surface area is 195 Å². The highest BCUT2D eigenvalue weighted by Crippen LogP contribution is 2.29. The highest BCUT2D eigenvalue weighted by atomic mass is 32.1. The predicted molar refractivity (Wildman–Crippen MR) is 124 cm³/mol. The van der Waals surface area contributed by atoms with Crippen molar-refractivity contribution in [3.05, 3.63) is 56.0 Å². The first kappa shape index (κ1) is 21.3. The number of carboxylic acids is 1. The van der Waals surface area contributed by atoms with Crippen LogP contribution in [-0.2, 0) is 11.2 Å². The number of ketones is 1. The molecule has 4 aromatic heterocycles. The number of fused-ring (bicyclic) bond motifs is 1. The van der Waals surface area contributed by atoms with Gasteiger partial charge in [-0.3, -0.25) is 14.2 Å². The van der Waals surface area contributed by atoms with Crippen LogP contribution in [0.5, 0.6) is 0 Å². The van der Waals surface area contributed by atoms with E-state index in [9.17, 15) is 19.5 Å². The minimum atomic E-state index is -1.32. The van der Waals surface area contributed by atoms with Crippen molar-refractivity contribution < 1.29 is 14.7 Å². The van der Waals surface area contributed by atoms with Crippen LogP contribution in [0.2, 0.25) is 0 Å². The summed E-state index contributed by atoms with van der Waals surface area (Å²) in [7, 11) is 0. The summed E-state index contributed by atoms with van der Waals surface area (Å²) in [6, 6.07) is 1.75. The van der Waals surface area contributed by atoms with Gasteiger partial charge in [-0.05, 0) is 25.5 Å². The summed E-state index contributed by atoms with van der Waals surface area (Å²) in [5.41, 5.74) is -0.0354. The molecule has 4 aromatic rings. The summed E-state index contributed by atoms with van der Waals surface area (Å²) in [5, 5.41) is 11.0. The third-order valence-corrected chi connectivity index (χ3v) is 7.16. The number of pyridine rings is 2. The number of aromatic carboxylic acids is 1. The van der Waals surface area contributed by atoms with Gasteiger partial charge in [0.05, 0.1) is 17.7 Å². The van der Waals surface area contributed by atoms with Gasteiger partial charge in [0, 0.05) is 41.9 Å². The van der Waals surface area contributed by atoms with Gasteiger partial charge in [0.1, 0.15) is 28.5 Å². The zero-order valence-corrected chi connectivity index (χ0v) is 19.3. The molecule has 0 aliphatic carbocycles. The number of rotatable bonds is 6. The topological polar surface area (TPSA) is 131 Å². The van der Waals surface area contributed by atoms with Crippen LogP contribution in [0.1, 0.15) is 25.8 Å². The van der Waals surface area contributed by atoms with Crippen molar-refractivity contribution in [3.8, 4) is 5.13 Å². The van der Waals surface area contributed by atoms with E-state index in [1.807, 2.05) is 11.8 Å². The van der Waals surface area contributed by atoms with Crippen molar-refractivity contribution in [3.63, 3.8) is 0 Å². The largest absolute Gasteiger partial charge is 0.477 e. The van der Waals surface area contributed by atoms with Crippen LogP contribution >= 0.6 is 22.9 Å². The van der Waals surface area contributed by atoms with E-state index in [0.717, 1.165) is 21.4 Å². The van der Waals surface area contributed by atoms with E-state index in [2.05, 4.69) is 19.3 Å². The summed E-state index contributed by atoms with van der Waals surface area (Å²) < 4.78 is 5.47. The maximum Gasteiger partial charge on any atom is 0.341 e. The van der Waals surface area contributed by atoms with Crippen LogP contribution in [0.4, 0.5) is 5.82 Å². The number of anilines is 1. The first-order valence-electron chi connectivity index (χ1n) is 10.1. The van der Waals surface area contributed by atoms with E-state index in [1.165, 1.54) is 28.4 Å². The quantitative estimate of drug-likeness (QED) is 0.439. The van der Waals surface area contributed by atoms with Gasteiger partial charge < -0.3 is 10.0 Å². The number of aromatic nitrogens is 5. The molecule has 5 rings (SSSR count). The van der Waals surface area contributed by atoms with Crippen molar-refractivity contribution in [2.45, 2.75) is 20.3 Å². The second-order valence-corrected chi connectivity index (χ2v) is 9.95. The van der Waals surface area contributed by atoms with Gasteiger partial charge in [-0.15, -0.1) is 11.3 Å². The van der Waals surface area contributed by atoms with E-state index >= 15 is 0 Å². The first-order chi connectivity index (χ1) is 15.8. The molecule has 12 heteroatoms. The first-order valence-corrected chi connectivity index (χ1v) is 11.7. The van der Waals surface area contributed by atoms with Crippen LogP contribution in [0.25, 0.3) is 16.2 Å². The molecule has 0 bridgehead atoms. The minimum absolute atomic E-state index is 0.105. The fraction of sp³-hybridized carbons (Fsp3) is 0.286. The number of hydrogen-bond donors (Lipinski definition) is 1. The van der Waals surface area contributed by atoms with Crippen molar-refractivity contribution >= 4 is 51.5 Å². The number of carboxylic acid groups (broad SMARTS) is 1. The Kier molecular flexibility index (Phi) is 5.25. The van der Waals surface area contributed by atoms with Crippen LogP contribution in [0.3, 0.4) is 0 Å². The SMILES string of the molecule is Cc1cnc(CC(=O)C2CN(c3cc(C)c4c(=O)c(C(=O)O)cn(-c5ncns5)c4n3)C2)s1. The van der Waals surface area contributed by atoms with Crippen molar-refractivity contribution in [1.29, 1.82) is 0 Å². The molecular formula is C21H18N6O4S2. The lowest BCUT2D eigenvalue weighted by molar-refractivity contribution is -0.122. The van der Waals surface area contributed by atoms with Gasteiger partial charge in [-0.25, -0.2) is 19.7 Å². The van der Waals surface area contributed by atoms with E-state index in [0.29, 0.717) is 41.7 Å².